The van der Waals surface area contributed by atoms with Gasteiger partial charge in [-0.3, -0.25) is 39.6 Å². The first-order valence-corrected chi connectivity index (χ1v) is 12.2. The van der Waals surface area contributed by atoms with E-state index in [1.165, 1.54) is 72.8 Å². The van der Waals surface area contributed by atoms with Gasteiger partial charge < -0.3 is 0 Å². The summed E-state index contributed by atoms with van der Waals surface area (Å²) < 4.78 is 1.58. The van der Waals surface area contributed by atoms with Crippen LogP contribution in [0.4, 0.5) is 11.4 Å². The molecule has 8 aromatic rings. The molecule has 4 aromatic heterocycles. The van der Waals surface area contributed by atoms with Gasteiger partial charge in [0.15, 0.2) is 11.6 Å². The number of benzene rings is 4. The molecule has 4 bridgehead atoms. The Balaban J connectivity index is 1.48. The molecule has 40 heavy (non-hydrogen) atoms. The average molecular weight is 528 g/mol. The number of carbonyl (C=O) groups excluding carboxylic acids is 2. The predicted molar refractivity (Wildman–Crippen MR) is 149 cm³/mol. The maximum absolute atomic E-state index is 13.8. The Morgan fingerprint density at radius 1 is 0.400 bits per heavy atom. The lowest BCUT2D eigenvalue weighted by Crippen LogP contribution is -2.37. The van der Waals surface area contributed by atoms with Gasteiger partial charge in [0.1, 0.15) is 0 Å². The van der Waals surface area contributed by atoms with Gasteiger partial charge in [-0.15, -0.1) is 0 Å². The van der Waals surface area contributed by atoms with Crippen molar-refractivity contribution in [3.8, 4) is 0 Å². The van der Waals surface area contributed by atoms with Gasteiger partial charge in [-0.25, -0.2) is 0 Å². The molecule has 4 aromatic carbocycles. The fourth-order valence-electron chi connectivity index (χ4n) is 5.06. The van der Waals surface area contributed by atoms with Gasteiger partial charge in [-0.05, 0) is 60.7 Å². The highest BCUT2D eigenvalue weighted by molar-refractivity contribution is 6.31. The summed E-state index contributed by atoms with van der Waals surface area (Å²) in [6.07, 6.45) is 0. The minimum absolute atomic E-state index is 0.0262. The first-order chi connectivity index (χ1) is 19.3. The zero-order chi connectivity index (χ0) is 27.7. The Hall–Kier alpha value is -5.90. The summed E-state index contributed by atoms with van der Waals surface area (Å²) in [5, 5.41) is 1.03. The molecule has 0 spiro atoms. The molecule has 0 fully saturated rings. The Labute approximate surface area is 223 Å². The van der Waals surface area contributed by atoms with Gasteiger partial charge >= 0.3 is 0 Å². The number of fused-ring (bicyclic) bond motifs is 10. The molecule has 1 aliphatic carbocycles. The number of rotatable bonds is 4. The second kappa shape index (κ2) is 8.30. The Bertz CT molecular complexity index is 2010. The first-order valence-electron chi connectivity index (χ1n) is 12.2. The van der Waals surface area contributed by atoms with Crippen LogP contribution >= 0.6 is 0 Å². The van der Waals surface area contributed by atoms with E-state index in [9.17, 15) is 28.8 Å². The van der Waals surface area contributed by atoms with E-state index in [1.807, 2.05) is 0 Å². The smallest absolute Gasteiger partial charge is 0.279 e. The molecule has 10 nitrogen and oxygen atoms in total. The third kappa shape index (κ3) is 3.23. The van der Waals surface area contributed by atoms with Crippen molar-refractivity contribution < 1.29 is 9.59 Å². The fraction of sp³-hybridized carbons (Fsp3) is 0. The summed E-state index contributed by atoms with van der Waals surface area (Å²) in [5.41, 5.74) is 3.05. The standard InChI is InChI=1S/C30H16N4O6/c35-25-19-3-1-2-4-20(19)26(36)24-22(32-34-29(39)17-9-10-18(12-11-17)30(34)40)14-13-21(23(24)25)31-33-27(37)15-5-6-16(8-7-15)28(33)38/h1-14,31-32H. The molecule has 0 aliphatic heterocycles. The van der Waals surface area contributed by atoms with Crippen LogP contribution in [0.15, 0.2) is 104 Å². The van der Waals surface area contributed by atoms with Crippen molar-refractivity contribution in [1.82, 2.24) is 9.35 Å². The van der Waals surface area contributed by atoms with Crippen LogP contribution in [0.3, 0.4) is 0 Å². The number of ketones is 2. The molecular weight excluding hydrogens is 512 g/mol. The zero-order valence-corrected chi connectivity index (χ0v) is 20.4. The van der Waals surface area contributed by atoms with Gasteiger partial charge in [-0.2, -0.15) is 9.35 Å². The molecule has 0 saturated carbocycles. The van der Waals surface area contributed by atoms with E-state index < -0.39 is 33.8 Å². The van der Waals surface area contributed by atoms with Crippen molar-refractivity contribution in [3.63, 3.8) is 0 Å². The molecule has 192 valence electrons. The van der Waals surface area contributed by atoms with Crippen molar-refractivity contribution in [2.24, 2.45) is 0 Å². The number of nitrogens with zero attached hydrogens (tertiary/aromatic N) is 2. The molecule has 0 atom stereocenters. The van der Waals surface area contributed by atoms with E-state index in [0.29, 0.717) is 0 Å². The summed E-state index contributed by atoms with van der Waals surface area (Å²) >= 11 is 0. The van der Waals surface area contributed by atoms with Gasteiger partial charge in [0.2, 0.25) is 0 Å². The van der Waals surface area contributed by atoms with Gasteiger partial charge in [0, 0.05) is 32.7 Å². The number of anilines is 2. The third-order valence-corrected chi connectivity index (χ3v) is 7.11. The summed E-state index contributed by atoms with van der Waals surface area (Å²) in [6.45, 7) is 0. The monoisotopic (exact) mass is 528 g/mol. The van der Waals surface area contributed by atoms with Crippen LogP contribution in [0, 0.1) is 0 Å². The van der Waals surface area contributed by atoms with E-state index in [4.69, 9.17) is 0 Å². The molecule has 2 N–H and O–H groups in total. The molecular formula is C30H16N4O6. The summed E-state index contributed by atoms with van der Waals surface area (Å²) in [6, 6.07) is 21.2. The lowest BCUT2D eigenvalue weighted by Gasteiger charge is -2.23. The summed E-state index contributed by atoms with van der Waals surface area (Å²) in [5.74, 6) is -1.07. The van der Waals surface area contributed by atoms with Crippen LogP contribution in [0.25, 0.3) is 21.5 Å². The lowest BCUT2D eigenvalue weighted by atomic mass is 9.82. The van der Waals surface area contributed by atoms with E-state index >= 15 is 0 Å². The maximum Gasteiger partial charge on any atom is 0.279 e. The largest absolute Gasteiger partial charge is 0.288 e. The van der Waals surface area contributed by atoms with Crippen LogP contribution in [0.2, 0.25) is 0 Å². The van der Waals surface area contributed by atoms with Crippen molar-refractivity contribution in [2.75, 3.05) is 10.9 Å². The Kier molecular flexibility index (Phi) is 4.82. The molecule has 0 saturated heterocycles. The van der Waals surface area contributed by atoms with Crippen molar-refractivity contribution in [1.29, 1.82) is 0 Å². The minimum Gasteiger partial charge on any atom is -0.288 e. The fourth-order valence-corrected chi connectivity index (χ4v) is 5.06. The lowest BCUT2D eigenvalue weighted by molar-refractivity contribution is 0.0980. The Morgan fingerprint density at radius 2 is 0.700 bits per heavy atom. The summed E-state index contributed by atoms with van der Waals surface area (Å²) in [4.78, 5) is 79.9. The number of hydrogen-bond donors (Lipinski definition) is 2. The van der Waals surface area contributed by atoms with Crippen molar-refractivity contribution in [2.45, 2.75) is 0 Å². The van der Waals surface area contributed by atoms with E-state index in [0.717, 1.165) is 9.35 Å². The molecule has 1 aliphatic rings. The van der Waals surface area contributed by atoms with Crippen LogP contribution < -0.4 is 33.1 Å². The van der Waals surface area contributed by atoms with Crippen LogP contribution in [0.5, 0.6) is 0 Å². The third-order valence-electron chi connectivity index (χ3n) is 7.11. The van der Waals surface area contributed by atoms with Crippen molar-refractivity contribution >= 4 is 44.5 Å². The molecule has 0 radical (unpaired) electrons. The Morgan fingerprint density at radius 3 is 1.00 bits per heavy atom. The highest BCUT2D eigenvalue weighted by Crippen LogP contribution is 2.36. The van der Waals surface area contributed by atoms with Crippen LogP contribution in [-0.4, -0.2) is 20.9 Å². The maximum atomic E-state index is 13.8. The highest BCUT2D eigenvalue weighted by Gasteiger charge is 2.34. The molecule has 9 rings (SSSR count). The normalized spacial score (nSPS) is 12.5. The average Bonchev–Trinajstić information content (AvgIpc) is 3.28. The predicted octanol–water partition coefficient (Wildman–Crippen LogP) is 2.44. The minimum atomic E-state index is -0.638. The topological polar surface area (TPSA) is 136 Å². The van der Waals surface area contributed by atoms with Crippen LogP contribution in [-0.2, 0) is 0 Å². The van der Waals surface area contributed by atoms with E-state index in [1.54, 1.807) is 12.1 Å². The SMILES string of the molecule is O=C1c2ccccc2C(=O)c2c(Nn3c(=O)c4ccc(cc4)c3=O)ccc(Nn3c(=O)c4ccc(cc4)c3=O)c21. The van der Waals surface area contributed by atoms with E-state index in [-0.39, 0.29) is 55.2 Å². The van der Waals surface area contributed by atoms with Gasteiger partial charge in [-0.1, -0.05) is 24.3 Å². The molecule has 10 heteroatoms. The van der Waals surface area contributed by atoms with Gasteiger partial charge in [0.05, 0.1) is 22.5 Å². The van der Waals surface area contributed by atoms with Crippen LogP contribution in [0.1, 0.15) is 31.8 Å². The van der Waals surface area contributed by atoms with Crippen molar-refractivity contribution in [3.05, 3.63) is 149 Å². The number of hydrogen-bond acceptors (Lipinski definition) is 8. The second-order valence-electron chi connectivity index (χ2n) is 9.38. The number of carbonyl (C=O) groups is 2. The number of nitrogens with one attached hydrogen (secondary N) is 2. The molecule has 0 amide bonds. The first kappa shape index (κ1) is 23.2. The zero-order valence-electron chi connectivity index (χ0n) is 20.4. The quantitative estimate of drug-likeness (QED) is 0.356. The van der Waals surface area contributed by atoms with E-state index in [2.05, 4.69) is 10.9 Å². The highest BCUT2D eigenvalue weighted by atomic mass is 16.2. The molecule has 0 unspecified atom stereocenters. The number of aromatic nitrogens is 2. The summed E-state index contributed by atoms with van der Waals surface area (Å²) in [7, 11) is 0. The second-order valence-corrected chi connectivity index (χ2v) is 9.38. The molecule has 4 heterocycles. The van der Waals surface area contributed by atoms with Gasteiger partial charge in [0.25, 0.3) is 22.2 Å².